The zero-order chi connectivity index (χ0) is 52.4. The largest absolute Gasteiger partial charge is 0.135 e. The fourth-order valence-electron chi connectivity index (χ4n) is 13.5. The minimum absolute atomic E-state index is 1.20. The van der Waals surface area contributed by atoms with E-state index in [1.165, 1.54) is 172 Å². The summed E-state index contributed by atoms with van der Waals surface area (Å²) < 4.78 is 5.29. The zero-order valence-electron chi connectivity index (χ0n) is 43.4. The van der Waals surface area contributed by atoms with Gasteiger partial charge in [0.25, 0.3) is 0 Å². The third-order valence-corrected chi connectivity index (χ3v) is 19.4. The van der Waals surface area contributed by atoms with E-state index in [0.717, 1.165) is 0 Å². The first-order valence-electron chi connectivity index (χ1n) is 27.5. The van der Waals surface area contributed by atoms with Crippen LogP contribution < -0.4 is 0 Å². The maximum absolute atomic E-state index is 2.47. The van der Waals surface area contributed by atoms with Crippen LogP contribution in [0.2, 0.25) is 0 Å². The van der Waals surface area contributed by atoms with E-state index in [1.807, 2.05) is 22.7 Å². The molecule has 0 radical (unpaired) electrons. The second-order valence-corrected chi connectivity index (χ2v) is 23.5. The summed E-state index contributed by atoms with van der Waals surface area (Å²) in [7, 11) is 0. The van der Waals surface area contributed by atoms with Crippen LogP contribution in [0.1, 0.15) is 0 Å². The number of hydrogen-bond acceptors (Lipinski definition) is 2. The quantitative estimate of drug-likeness (QED) is 0.146. The van der Waals surface area contributed by atoms with Gasteiger partial charge >= 0.3 is 0 Å². The van der Waals surface area contributed by atoms with Gasteiger partial charge in [-0.25, -0.2) is 0 Å². The van der Waals surface area contributed by atoms with E-state index < -0.39 is 0 Å². The van der Waals surface area contributed by atoms with Crippen molar-refractivity contribution < 1.29 is 0 Å². The molecule has 0 N–H and O–H groups in total. The first-order chi connectivity index (χ1) is 39.7. The van der Waals surface area contributed by atoms with Crippen molar-refractivity contribution in [2.75, 3.05) is 0 Å². The molecule has 80 heavy (non-hydrogen) atoms. The minimum atomic E-state index is 1.20. The van der Waals surface area contributed by atoms with Crippen molar-refractivity contribution in [2.45, 2.75) is 0 Å². The standard InChI is InChI=1S/C78H46S2/c1-2-19-54-47(17-1)18-15-30-59(54)77-61-25-6-5-24-60(61)74(53-40-42-73-69(46-53)57-22-12-13-33-71(57)79-73)66-41-39-51(45-70(66)77)49-35-36-50-44-52(38-37-48(50)43-49)55-20-3-4-23-58(55)75-62-26-7-9-28-64(62)76(65-29-10-8-27-63(65)75)68-32-16-31-67-56-21-11-14-34-72(56)80-78(67)68/h1-46H. The molecule has 2 heterocycles. The van der Waals surface area contributed by atoms with E-state index >= 15 is 0 Å². The monoisotopic (exact) mass is 1050 g/mol. The molecule has 0 aliphatic heterocycles. The molecular formula is C78H46S2. The highest BCUT2D eigenvalue weighted by molar-refractivity contribution is 7.26. The Bertz CT molecular complexity index is 5380. The van der Waals surface area contributed by atoms with E-state index in [1.54, 1.807) is 0 Å². The second-order valence-electron chi connectivity index (χ2n) is 21.3. The molecular weight excluding hydrogens is 1000 g/mol. The average molecular weight is 1050 g/mol. The van der Waals surface area contributed by atoms with Crippen LogP contribution in [0.3, 0.4) is 0 Å². The van der Waals surface area contributed by atoms with Crippen molar-refractivity contribution in [3.8, 4) is 66.8 Å². The van der Waals surface area contributed by atoms with Crippen LogP contribution in [0.4, 0.5) is 0 Å². The van der Waals surface area contributed by atoms with Crippen LogP contribution in [0.5, 0.6) is 0 Å². The summed E-state index contributed by atoms with van der Waals surface area (Å²) in [6.45, 7) is 0. The van der Waals surface area contributed by atoms with E-state index in [9.17, 15) is 0 Å². The van der Waals surface area contributed by atoms with E-state index in [0.29, 0.717) is 0 Å². The molecule has 0 nitrogen and oxygen atoms in total. The van der Waals surface area contributed by atoms with Crippen LogP contribution in [-0.2, 0) is 0 Å². The van der Waals surface area contributed by atoms with Crippen LogP contribution in [0.25, 0.3) is 172 Å². The number of hydrogen-bond donors (Lipinski definition) is 0. The molecule has 2 heteroatoms. The Balaban J connectivity index is 0.820. The number of benzene rings is 15. The molecule has 2 aromatic heterocycles. The van der Waals surface area contributed by atoms with Gasteiger partial charge in [0.2, 0.25) is 0 Å². The van der Waals surface area contributed by atoms with Gasteiger partial charge in [0.05, 0.1) is 0 Å². The maximum atomic E-state index is 2.47. The summed E-state index contributed by atoms with van der Waals surface area (Å²) in [5, 5.41) is 20.3. The second kappa shape index (κ2) is 17.9. The molecule has 0 aliphatic rings. The predicted octanol–water partition coefficient (Wildman–Crippen LogP) is 23.3. The average Bonchev–Trinajstić information content (AvgIpc) is 4.20. The maximum Gasteiger partial charge on any atom is 0.0434 e. The highest BCUT2D eigenvalue weighted by atomic mass is 32.1. The highest BCUT2D eigenvalue weighted by Gasteiger charge is 2.23. The zero-order valence-corrected chi connectivity index (χ0v) is 45.0. The summed E-state index contributed by atoms with van der Waals surface area (Å²) in [6.07, 6.45) is 0. The Kier molecular flexibility index (Phi) is 10.2. The first kappa shape index (κ1) is 45.3. The summed E-state index contributed by atoms with van der Waals surface area (Å²) in [5.74, 6) is 0. The van der Waals surface area contributed by atoms with Gasteiger partial charge in [0, 0.05) is 45.9 Å². The third-order valence-electron chi connectivity index (χ3n) is 17.0. The Morgan fingerprint density at radius 1 is 0.175 bits per heavy atom. The molecule has 0 bridgehead atoms. The van der Waals surface area contributed by atoms with E-state index in [4.69, 9.17) is 0 Å². The molecule has 0 spiro atoms. The van der Waals surface area contributed by atoms with Crippen molar-refractivity contribution in [1.82, 2.24) is 0 Å². The Hall–Kier alpha value is -9.70. The topological polar surface area (TPSA) is 0 Å². The molecule has 0 saturated heterocycles. The van der Waals surface area contributed by atoms with Gasteiger partial charge in [-0.2, -0.15) is 0 Å². The number of thiophene rings is 2. The van der Waals surface area contributed by atoms with Crippen molar-refractivity contribution in [3.05, 3.63) is 279 Å². The fourth-order valence-corrected chi connectivity index (χ4v) is 15.8. The van der Waals surface area contributed by atoms with Crippen LogP contribution in [-0.4, -0.2) is 0 Å². The van der Waals surface area contributed by atoms with Crippen molar-refractivity contribution in [2.24, 2.45) is 0 Å². The molecule has 15 aromatic carbocycles. The molecule has 0 aliphatic carbocycles. The first-order valence-corrected chi connectivity index (χ1v) is 29.2. The molecule has 17 aromatic rings. The normalized spacial score (nSPS) is 12.0. The van der Waals surface area contributed by atoms with Gasteiger partial charge in [-0.15, -0.1) is 22.7 Å². The SMILES string of the molecule is c1ccc(-c2c3ccccc3c(-c3cccc4c3sc3ccccc34)c3ccccc23)c(-c2ccc3cc(-c4ccc5c(-c6ccc7sc8ccccc8c7c6)c6ccccc6c(-c6cccc7ccccc67)c5c4)ccc3c2)c1. The molecule has 0 fully saturated rings. The number of rotatable bonds is 6. The molecule has 0 saturated carbocycles. The van der Waals surface area contributed by atoms with Crippen molar-refractivity contribution in [3.63, 3.8) is 0 Å². The third kappa shape index (κ3) is 6.93. The molecule has 0 atom stereocenters. The lowest BCUT2D eigenvalue weighted by molar-refractivity contribution is 1.62. The van der Waals surface area contributed by atoms with Crippen LogP contribution >= 0.6 is 22.7 Å². The van der Waals surface area contributed by atoms with E-state index in [-0.39, 0.29) is 0 Å². The summed E-state index contributed by atoms with van der Waals surface area (Å²) in [6, 6.07) is 105. The van der Waals surface area contributed by atoms with Gasteiger partial charge in [0.1, 0.15) is 0 Å². The minimum Gasteiger partial charge on any atom is -0.135 e. The summed E-state index contributed by atoms with van der Waals surface area (Å²) in [4.78, 5) is 0. The number of fused-ring (bicyclic) bond motifs is 12. The molecule has 370 valence electrons. The summed E-state index contributed by atoms with van der Waals surface area (Å²) >= 11 is 3.78. The smallest absolute Gasteiger partial charge is 0.0434 e. The highest BCUT2D eigenvalue weighted by Crippen LogP contribution is 2.51. The van der Waals surface area contributed by atoms with Gasteiger partial charge in [-0.05, 0) is 168 Å². The van der Waals surface area contributed by atoms with Gasteiger partial charge < -0.3 is 0 Å². The molecule has 0 amide bonds. The van der Waals surface area contributed by atoms with Crippen LogP contribution in [0.15, 0.2) is 279 Å². The van der Waals surface area contributed by atoms with Crippen molar-refractivity contribution >= 4 is 128 Å². The predicted molar refractivity (Wildman–Crippen MR) is 350 cm³/mol. The lowest BCUT2D eigenvalue weighted by atomic mass is 9.83. The molecule has 17 rings (SSSR count). The molecule has 0 unspecified atom stereocenters. The Labute approximate surface area is 470 Å². The van der Waals surface area contributed by atoms with Gasteiger partial charge in [-0.1, -0.05) is 237 Å². The van der Waals surface area contributed by atoms with E-state index in [2.05, 4.69) is 279 Å². The Morgan fingerprint density at radius 2 is 0.588 bits per heavy atom. The van der Waals surface area contributed by atoms with Gasteiger partial charge in [0.15, 0.2) is 0 Å². The lowest BCUT2D eigenvalue weighted by Gasteiger charge is -2.20. The fraction of sp³-hybridized carbons (Fsp3) is 0. The summed E-state index contributed by atoms with van der Waals surface area (Å²) in [5.41, 5.74) is 14.9. The van der Waals surface area contributed by atoms with Crippen LogP contribution in [0, 0.1) is 0 Å². The Morgan fingerprint density at radius 3 is 1.30 bits per heavy atom. The van der Waals surface area contributed by atoms with Crippen molar-refractivity contribution in [1.29, 1.82) is 0 Å². The lowest BCUT2D eigenvalue weighted by Crippen LogP contribution is -1.93. The van der Waals surface area contributed by atoms with Gasteiger partial charge in [-0.3, -0.25) is 0 Å².